The summed E-state index contributed by atoms with van der Waals surface area (Å²) >= 11 is 0. The van der Waals surface area contributed by atoms with Crippen LogP contribution in [0.1, 0.15) is 34.3 Å². The van der Waals surface area contributed by atoms with Gasteiger partial charge in [0.15, 0.2) is 17.3 Å². The monoisotopic (exact) mass is 430 g/mol. The predicted molar refractivity (Wildman–Crippen MR) is 107 cm³/mol. The second-order valence-corrected chi connectivity index (χ2v) is 7.80. The number of phenolic OH excluding ortho intramolecular Hbond substituents is 4. The second kappa shape index (κ2) is 7.77. The molecule has 0 radical (unpaired) electrons. The molecule has 4 atom stereocenters. The van der Waals surface area contributed by atoms with Crippen molar-refractivity contribution in [3.8, 4) is 23.0 Å². The first kappa shape index (κ1) is 21.0. The average Bonchev–Trinajstić information content (AvgIpc) is 2.71. The van der Waals surface area contributed by atoms with Gasteiger partial charge in [-0.1, -0.05) is 6.07 Å². The summed E-state index contributed by atoms with van der Waals surface area (Å²) in [6.45, 7) is 0. The third-order valence-corrected chi connectivity index (χ3v) is 5.72. The molecule has 2 aliphatic rings. The normalized spacial score (nSPS) is 26.0. The van der Waals surface area contributed by atoms with Crippen molar-refractivity contribution < 1.29 is 45.3 Å². The van der Waals surface area contributed by atoms with E-state index in [0.29, 0.717) is 16.7 Å². The van der Waals surface area contributed by atoms with E-state index >= 15 is 0 Å². The van der Waals surface area contributed by atoms with Gasteiger partial charge >= 0.3 is 0 Å². The van der Waals surface area contributed by atoms with Crippen LogP contribution in [0, 0.1) is 0 Å². The molecule has 7 N–H and O–H groups in total. The van der Waals surface area contributed by atoms with Crippen LogP contribution < -0.4 is 0 Å². The Labute approximate surface area is 176 Å². The van der Waals surface area contributed by atoms with Gasteiger partial charge in [0.05, 0.1) is 11.7 Å². The Morgan fingerprint density at radius 1 is 0.839 bits per heavy atom. The third-order valence-electron chi connectivity index (χ3n) is 5.72. The quantitative estimate of drug-likeness (QED) is 0.350. The van der Waals surface area contributed by atoms with Gasteiger partial charge in [-0.05, 0) is 42.2 Å². The number of hydrogen-bond donors (Lipinski definition) is 7. The fourth-order valence-corrected chi connectivity index (χ4v) is 4.07. The van der Waals surface area contributed by atoms with E-state index in [9.17, 15) is 40.5 Å². The summed E-state index contributed by atoms with van der Waals surface area (Å²) in [7, 11) is 0. The van der Waals surface area contributed by atoms with Crippen molar-refractivity contribution in [3.63, 3.8) is 0 Å². The third kappa shape index (κ3) is 3.67. The van der Waals surface area contributed by atoms with Crippen LogP contribution in [-0.4, -0.2) is 65.9 Å². The van der Waals surface area contributed by atoms with E-state index in [2.05, 4.69) is 0 Å². The molecule has 2 aliphatic carbocycles. The summed E-state index contributed by atoms with van der Waals surface area (Å²) in [4.78, 5) is 13.3. The van der Waals surface area contributed by atoms with Crippen LogP contribution in [0.4, 0.5) is 0 Å². The highest BCUT2D eigenvalue weighted by Gasteiger charge is 2.40. The summed E-state index contributed by atoms with van der Waals surface area (Å²) in [6, 6.07) is 6.31. The number of aliphatic hydroxyl groups excluding tert-OH is 3. The number of aromatic hydroxyl groups is 4. The minimum absolute atomic E-state index is 0.0383. The lowest BCUT2D eigenvalue weighted by Crippen LogP contribution is -2.50. The van der Waals surface area contributed by atoms with Crippen LogP contribution >= 0.6 is 0 Å². The molecule has 0 heterocycles. The first-order valence-corrected chi connectivity index (χ1v) is 9.73. The average molecular weight is 430 g/mol. The Morgan fingerprint density at radius 3 is 2.29 bits per heavy atom. The van der Waals surface area contributed by atoms with Crippen LogP contribution in [0.3, 0.4) is 0 Å². The van der Waals surface area contributed by atoms with Gasteiger partial charge in [0.25, 0.3) is 0 Å². The fourth-order valence-electron chi connectivity index (χ4n) is 4.07. The van der Waals surface area contributed by atoms with E-state index in [4.69, 9.17) is 4.74 Å². The maximum Gasteiger partial charge on any atom is 0.231 e. The molecule has 4 rings (SSSR count). The zero-order valence-electron chi connectivity index (χ0n) is 16.3. The molecule has 0 aliphatic heterocycles. The number of allylic oxidation sites excluding steroid dienone is 2. The molecule has 31 heavy (non-hydrogen) atoms. The van der Waals surface area contributed by atoms with Gasteiger partial charge in [-0.2, -0.15) is 0 Å². The van der Waals surface area contributed by atoms with Crippen molar-refractivity contribution in [2.24, 2.45) is 0 Å². The molecule has 0 spiro atoms. The smallest absolute Gasteiger partial charge is 0.231 e. The van der Waals surface area contributed by atoms with E-state index in [1.165, 1.54) is 24.3 Å². The Hall–Kier alpha value is -3.27. The van der Waals surface area contributed by atoms with Crippen LogP contribution in [0.15, 0.2) is 36.1 Å². The van der Waals surface area contributed by atoms with E-state index in [1.54, 1.807) is 0 Å². The van der Waals surface area contributed by atoms with E-state index in [1.807, 2.05) is 0 Å². The van der Waals surface area contributed by atoms with Gasteiger partial charge < -0.3 is 40.5 Å². The molecule has 1 fully saturated rings. The lowest BCUT2D eigenvalue weighted by atomic mass is 9.84. The fraction of sp³-hybridized carbons (Fsp3) is 0.318. The number of rotatable bonds is 3. The molecule has 1 saturated carbocycles. The first-order valence-electron chi connectivity index (χ1n) is 9.73. The first-order chi connectivity index (χ1) is 14.7. The topological polar surface area (TPSA) is 168 Å². The van der Waals surface area contributed by atoms with Crippen molar-refractivity contribution >= 4 is 11.4 Å². The van der Waals surface area contributed by atoms with E-state index < -0.39 is 41.7 Å². The summed E-state index contributed by atoms with van der Waals surface area (Å²) in [6.07, 6.45) is -4.67. The standard InChI is InChI=1S/C22H22O9/c23-11-5-10-6-12(9-1-2-13(24)15(26)7-9)22(21(30)18(10)16(27)8-11)31-17-4-3-14(25)19(28)20(17)29/h1-2,5,7-8,14,17,19-20,23-29H,3-4,6H2. The summed E-state index contributed by atoms with van der Waals surface area (Å²) in [5, 5.41) is 69.7. The molecule has 9 nitrogen and oxygen atoms in total. The number of carbonyl (C=O) groups is 1. The van der Waals surface area contributed by atoms with Crippen molar-refractivity contribution in [2.45, 2.75) is 43.7 Å². The zero-order valence-corrected chi connectivity index (χ0v) is 16.3. The number of fused-ring (bicyclic) bond motifs is 1. The van der Waals surface area contributed by atoms with Gasteiger partial charge in [-0.3, -0.25) is 4.79 Å². The number of aliphatic hydroxyl groups is 3. The summed E-state index contributed by atoms with van der Waals surface area (Å²) in [5.74, 6) is -2.35. The number of hydrogen-bond acceptors (Lipinski definition) is 9. The molecule has 164 valence electrons. The Morgan fingerprint density at radius 2 is 1.58 bits per heavy atom. The number of ketones is 1. The summed E-state index contributed by atoms with van der Waals surface area (Å²) < 4.78 is 5.85. The highest BCUT2D eigenvalue weighted by Crippen LogP contribution is 2.41. The van der Waals surface area contributed by atoms with E-state index in [-0.39, 0.29) is 42.1 Å². The SMILES string of the molecule is O=C1C(OC2CCC(O)C(O)C2O)=C(c2ccc(O)c(O)c2)Cc2cc(O)cc(O)c21. The van der Waals surface area contributed by atoms with Crippen LogP contribution in [-0.2, 0) is 11.2 Å². The van der Waals surface area contributed by atoms with Crippen LogP contribution in [0.25, 0.3) is 5.57 Å². The molecule has 0 bridgehead atoms. The maximum absolute atomic E-state index is 13.3. The highest BCUT2D eigenvalue weighted by atomic mass is 16.5. The molecule has 9 heteroatoms. The molecule has 0 amide bonds. The molecule has 2 aromatic rings. The second-order valence-electron chi connectivity index (χ2n) is 7.80. The van der Waals surface area contributed by atoms with Gasteiger partial charge in [0.1, 0.15) is 29.8 Å². The number of Topliss-reactive ketones (excluding diaryl/α,β-unsaturated/α-hetero) is 1. The number of benzene rings is 2. The molecule has 4 unspecified atom stereocenters. The van der Waals surface area contributed by atoms with Crippen molar-refractivity contribution in [2.75, 3.05) is 0 Å². The van der Waals surface area contributed by atoms with Crippen molar-refractivity contribution in [1.29, 1.82) is 0 Å². The zero-order chi connectivity index (χ0) is 22.4. The lowest BCUT2D eigenvalue weighted by molar-refractivity contribution is -0.140. The minimum atomic E-state index is -1.45. The maximum atomic E-state index is 13.3. The lowest BCUT2D eigenvalue weighted by Gasteiger charge is -2.36. The molecule has 0 saturated heterocycles. The van der Waals surface area contributed by atoms with Gasteiger partial charge in [0.2, 0.25) is 5.78 Å². The minimum Gasteiger partial charge on any atom is -0.508 e. The summed E-state index contributed by atoms with van der Waals surface area (Å²) in [5.41, 5.74) is 0.908. The number of carbonyl (C=O) groups excluding carboxylic acids is 1. The van der Waals surface area contributed by atoms with Crippen molar-refractivity contribution in [3.05, 3.63) is 52.8 Å². The molecular weight excluding hydrogens is 408 g/mol. The Bertz CT molecular complexity index is 1070. The van der Waals surface area contributed by atoms with Gasteiger partial charge in [-0.15, -0.1) is 0 Å². The molecule has 2 aromatic carbocycles. The largest absolute Gasteiger partial charge is 0.508 e. The van der Waals surface area contributed by atoms with Gasteiger partial charge in [0, 0.05) is 18.1 Å². The Balaban J connectivity index is 1.82. The number of phenols is 4. The van der Waals surface area contributed by atoms with Crippen molar-refractivity contribution in [1.82, 2.24) is 0 Å². The van der Waals surface area contributed by atoms with Crippen LogP contribution in [0.2, 0.25) is 0 Å². The van der Waals surface area contributed by atoms with E-state index in [0.717, 1.165) is 6.07 Å². The molecular formula is C22H22O9. The van der Waals surface area contributed by atoms with Gasteiger partial charge in [-0.25, -0.2) is 0 Å². The highest BCUT2D eigenvalue weighted by molar-refractivity contribution is 6.16. The Kier molecular flexibility index (Phi) is 5.26. The van der Waals surface area contributed by atoms with Crippen LogP contribution in [0.5, 0.6) is 23.0 Å². The molecule has 0 aromatic heterocycles. The predicted octanol–water partition coefficient (Wildman–Crippen LogP) is 0.921. The number of ether oxygens (including phenoxy) is 1.